The minimum atomic E-state index is -1.49. The summed E-state index contributed by atoms with van der Waals surface area (Å²) >= 11 is 2.08. The summed E-state index contributed by atoms with van der Waals surface area (Å²) in [6.45, 7) is 42.4. The molecule has 6 aromatic rings. The van der Waals surface area contributed by atoms with Crippen molar-refractivity contribution < 1.29 is 59.0 Å². The number of carbonyl (C=O) groups is 4. The number of rotatable bonds is 18. The Morgan fingerprint density at radius 1 is 0.557 bits per heavy atom. The fourth-order valence-corrected chi connectivity index (χ4v) is 14.3. The number of nitrogens with one attached hydrogen (secondary N) is 2. The summed E-state index contributed by atoms with van der Waals surface area (Å²) in [5.41, 5.74) is 8.91. The third kappa shape index (κ3) is 40.9. The van der Waals surface area contributed by atoms with E-state index in [1.165, 1.54) is 106 Å². The highest BCUT2D eigenvalue weighted by atomic mass is 32.2. The lowest BCUT2D eigenvalue weighted by Gasteiger charge is -2.20. The first-order valence-corrected chi connectivity index (χ1v) is 40.9. The van der Waals surface area contributed by atoms with Crippen LogP contribution in [-0.2, 0) is 9.57 Å². The predicted octanol–water partition coefficient (Wildman–Crippen LogP) is 17.0. The van der Waals surface area contributed by atoms with Crippen molar-refractivity contribution in [2.45, 2.75) is 274 Å². The Hall–Kier alpha value is -7.53. The molecule has 4 aliphatic rings. The second-order valence-corrected chi connectivity index (χ2v) is 32.8. The van der Waals surface area contributed by atoms with Crippen LogP contribution in [-0.4, -0.2) is 131 Å². The van der Waals surface area contributed by atoms with E-state index in [9.17, 15) is 39.4 Å². The zero-order valence-corrected chi connectivity index (χ0v) is 70.9. The Morgan fingerprint density at radius 3 is 1.49 bits per heavy atom. The van der Waals surface area contributed by atoms with Crippen LogP contribution < -0.4 is 38.4 Å². The summed E-state index contributed by atoms with van der Waals surface area (Å²) in [5.74, 6) is 11.1. The Labute approximate surface area is 700 Å². The zero-order chi connectivity index (χ0) is 83.2. The summed E-state index contributed by atoms with van der Waals surface area (Å²) in [5, 5.41) is 78.5. The Bertz CT molecular complexity index is 3720. The van der Waals surface area contributed by atoms with Gasteiger partial charge in [-0.15, -0.1) is 32.2 Å². The van der Waals surface area contributed by atoms with E-state index in [4.69, 9.17) is 20.7 Å². The molecular formula is C91H147B4N7O12S. The average molecular weight is 1610 g/mol. The molecule has 5 atom stereocenters. The van der Waals surface area contributed by atoms with E-state index >= 15 is 0 Å². The van der Waals surface area contributed by atoms with Crippen molar-refractivity contribution in [3.05, 3.63) is 185 Å². The second-order valence-electron chi connectivity index (χ2n) is 31.6. The molecule has 24 heteroatoms. The molecule has 2 aliphatic carbocycles. The SMILES string of the molecule is C.C.C.C.C=C1CC2C(N1)SCC2C(C)C.CB(O)c1cc(B(O)O)cc(C(C)C)c1.CB(O)c1ccc(C(=O)C(C)C)cc1.CB(O)c1ccc(C(=O)NC(C)C)cc1.CC(C)C(=O)c1ccc(C(=O)ON)c(O)c1.CC(C)C1CC/C=C/CCC1.CC(C)OC1CC/C=C/CCC1.Cc1nnc(-c2ccc(C(C)C)cc2)nn1. The van der Waals surface area contributed by atoms with Gasteiger partial charge < -0.3 is 50.4 Å². The number of ether oxygens (including phenoxy) is 1. The largest absolute Gasteiger partial charge is 0.507 e. The van der Waals surface area contributed by atoms with E-state index in [0.29, 0.717) is 68.7 Å². The number of nitrogens with zero attached hydrogens (tertiary/aromatic N) is 4. The van der Waals surface area contributed by atoms with Crippen molar-refractivity contribution in [2.24, 2.45) is 47.3 Å². The summed E-state index contributed by atoms with van der Waals surface area (Å²) in [4.78, 5) is 49.8. The monoisotopic (exact) mass is 1610 g/mol. The molecule has 19 nitrogen and oxygen atoms in total. The zero-order valence-electron chi connectivity index (χ0n) is 70.1. The Kier molecular flexibility index (Phi) is 54.8. The molecule has 5 aromatic carbocycles. The van der Waals surface area contributed by atoms with Crippen molar-refractivity contribution in [1.29, 1.82) is 0 Å². The van der Waals surface area contributed by atoms with Gasteiger partial charge in [0.25, 0.3) is 5.91 Å². The molecule has 0 bridgehead atoms. The van der Waals surface area contributed by atoms with Gasteiger partial charge in [0.15, 0.2) is 17.4 Å². The molecule has 115 heavy (non-hydrogen) atoms. The normalized spacial score (nSPS) is 16.9. The first-order valence-electron chi connectivity index (χ1n) is 39.9. The number of allylic oxidation sites excluding steroid dienone is 5. The molecule has 2 aliphatic heterocycles. The Balaban J connectivity index is 0. The number of aryl methyl sites for hydroxylation is 1. The van der Waals surface area contributed by atoms with Gasteiger partial charge in [-0.25, -0.2) is 4.79 Å². The molecule has 2 saturated heterocycles. The highest BCUT2D eigenvalue weighted by molar-refractivity contribution is 8.00. The molecule has 1 aromatic heterocycles. The van der Waals surface area contributed by atoms with Crippen LogP contribution in [0.1, 0.15) is 281 Å². The van der Waals surface area contributed by atoms with Crippen LogP contribution in [0.2, 0.25) is 20.5 Å². The fraction of sp³-hybridized carbons (Fsp3) is 0.538. The number of hydrogen-bond acceptors (Lipinski definition) is 19. The van der Waals surface area contributed by atoms with Gasteiger partial charge in [-0.2, -0.15) is 5.90 Å². The number of fused-ring (bicyclic) bond motifs is 1. The maximum Gasteiger partial charge on any atom is 0.488 e. The number of benzene rings is 5. The number of nitrogens with two attached hydrogens (primary N) is 1. The topological polar surface area (TPSA) is 310 Å². The number of thioether (sulfide) groups is 1. The van der Waals surface area contributed by atoms with Crippen molar-refractivity contribution >= 4 is 84.9 Å². The lowest BCUT2D eigenvalue weighted by molar-refractivity contribution is -0.00214. The van der Waals surface area contributed by atoms with Crippen LogP contribution >= 0.6 is 11.8 Å². The van der Waals surface area contributed by atoms with E-state index < -0.39 is 33.8 Å². The number of hydrogen-bond donors (Lipinski definition) is 9. The molecule has 10 rings (SSSR count). The first kappa shape index (κ1) is 110. The van der Waals surface area contributed by atoms with Crippen molar-refractivity contribution in [2.75, 3.05) is 5.75 Å². The van der Waals surface area contributed by atoms with Gasteiger partial charge in [0.1, 0.15) is 11.3 Å². The maximum atomic E-state index is 11.6. The van der Waals surface area contributed by atoms with Gasteiger partial charge >= 0.3 is 33.8 Å². The first-order chi connectivity index (χ1) is 52.3. The van der Waals surface area contributed by atoms with Crippen LogP contribution in [0, 0.1) is 48.3 Å². The number of aromatic hydroxyl groups is 1. The number of amides is 1. The van der Waals surface area contributed by atoms with Crippen LogP contribution in [0.15, 0.2) is 146 Å². The van der Waals surface area contributed by atoms with Gasteiger partial charge in [0.2, 0.25) is 5.82 Å². The van der Waals surface area contributed by atoms with Crippen LogP contribution in [0.25, 0.3) is 11.4 Å². The summed E-state index contributed by atoms with van der Waals surface area (Å²) in [6.07, 6.45) is 24.4. The number of Topliss-reactive ketones (excluding diaryl/α,β-unsaturated/α-hetero) is 2. The van der Waals surface area contributed by atoms with Crippen LogP contribution in [0.5, 0.6) is 5.75 Å². The molecule has 3 heterocycles. The summed E-state index contributed by atoms with van der Waals surface area (Å²) in [6, 6.07) is 31.6. The van der Waals surface area contributed by atoms with Gasteiger partial charge in [-0.3, -0.25) is 14.4 Å². The van der Waals surface area contributed by atoms with E-state index in [0.717, 1.165) is 51.6 Å². The number of aromatic nitrogens is 4. The second kappa shape index (κ2) is 57.5. The maximum absolute atomic E-state index is 11.6. The molecule has 636 valence electrons. The van der Waals surface area contributed by atoms with Crippen LogP contribution in [0.4, 0.5) is 0 Å². The molecule has 5 unspecified atom stereocenters. The van der Waals surface area contributed by atoms with E-state index in [-0.39, 0.29) is 76.4 Å². The minimum Gasteiger partial charge on any atom is -0.507 e. The highest BCUT2D eigenvalue weighted by Gasteiger charge is 2.42. The minimum absolute atomic E-state index is 0. The molecule has 1 amide bonds. The number of phenols is 1. The molecule has 10 N–H and O–H groups in total. The third-order valence-corrected chi connectivity index (χ3v) is 20.7. The van der Waals surface area contributed by atoms with E-state index in [2.05, 4.69) is 146 Å². The smallest absolute Gasteiger partial charge is 0.488 e. The molecule has 0 saturated carbocycles. The average Bonchev–Trinajstić information content (AvgIpc) is 1.66. The molecule has 0 radical (unpaired) electrons. The summed E-state index contributed by atoms with van der Waals surface area (Å²) in [7, 11) is -1.49. The number of ketones is 2. The fourth-order valence-electron chi connectivity index (χ4n) is 12.4. The van der Waals surface area contributed by atoms with Gasteiger partial charge in [0.05, 0.1) is 17.6 Å². The van der Waals surface area contributed by atoms with Crippen molar-refractivity contribution in [1.82, 2.24) is 31.0 Å². The molecule has 0 spiro atoms. The number of phenolic OH excluding ortho intramolecular Hbond substituents is 1. The van der Waals surface area contributed by atoms with Gasteiger partial charge in [-0.1, -0.05) is 249 Å². The summed E-state index contributed by atoms with van der Waals surface area (Å²) < 4.78 is 5.79. The van der Waals surface area contributed by atoms with Crippen LogP contribution in [0.3, 0.4) is 0 Å². The van der Waals surface area contributed by atoms with Crippen molar-refractivity contribution in [3.63, 3.8) is 0 Å². The quantitative estimate of drug-likeness (QED) is 0.0167. The third-order valence-electron chi connectivity index (χ3n) is 19.3. The van der Waals surface area contributed by atoms with E-state index in [1.807, 2.05) is 59.7 Å². The van der Waals surface area contributed by atoms with Gasteiger partial charge in [0, 0.05) is 45.8 Å². The molecule has 2 fully saturated rings. The standard InChI is InChI=1S/C12H14N4.C11H16BNO2.C11H15BO2.C11H13NO4.C11H20O.C11H20.C10H16B2O3.C10H17NS.4CH4/c1-8(2)10-4-6-11(7-5-10)12-15-13-9(3)14-16-12;1-8(2)13-11(14)9-4-6-10(7-5-9)12(3)15;1-8(2)11(13)9-4-6-10(7-5-9)12(3)14;1-6(2)10(14)7-3-4-8(9(13)5-7)11(15)16-12;1-10(2)12-11-8-6-4-3-5-7-9-11;1-10(2)11-8-6-4-3-5-7-9-11;1-7(2)8-4-9(11(3)13)6-10(5-8)12(14)15;1-6(2)9-5-12-10-8(9)4-7(3)11-10;;;;/h4-8H,1-3H3;4-8,15H,1-3H3,(H,13,14);4-8,14H,1-3H3;3-6,13H,12H2,1-2H3;3-4,10-11H,5-9H2,1-2H3;3-4,10-11H,5-9H2,1-2H3;4-7,13-15H,1-3H3;6,8-11H,3-5H2,1-2H3;4*1H4/b;;;;2*4-3+;;;;;;. The highest BCUT2D eigenvalue weighted by Crippen LogP contribution is 2.46. The molecular weight excluding hydrogens is 1460 g/mol. The van der Waals surface area contributed by atoms with E-state index in [1.54, 1.807) is 102 Å². The lowest BCUT2D eigenvalue weighted by Crippen LogP contribution is -2.37. The van der Waals surface area contributed by atoms with Gasteiger partial charge in [-0.05, 0) is 210 Å². The number of carbonyl (C=O) groups excluding carboxylic acids is 4. The Morgan fingerprint density at radius 2 is 1.03 bits per heavy atom. The predicted molar refractivity (Wildman–Crippen MR) is 489 cm³/mol. The van der Waals surface area contributed by atoms with Crippen molar-refractivity contribution in [3.8, 4) is 17.1 Å². The lowest BCUT2D eigenvalue weighted by atomic mass is 9.61.